The maximum atomic E-state index is 10.7. The van der Waals surface area contributed by atoms with Crippen molar-refractivity contribution in [1.29, 1.82) is 0 Å². The average molecular weight is 865 g/mol. The highest BCUT2D eigenvalue weighted by Gasteiger charge is 2.42. The van der Waals surface area contributed by atoms with Gasteiger partial charge in [-0.2, -0.15) is 0 Å². The number of unbranched alkanes of at least 4 members (excludes halogenated alkanes) is 2. The minimum absolute atomic E-state index is 0.00736. The van der Waals surface area contributed by atoms with Crippen LogP contribution < -0.4 is 0 Å². The van der Waals surface area contributed by atoms with Crippen molar-refractivity contribution < 1.29 is 54.8 Å². The van der Waals surface area contributed by atoms with E-state index in [0.717, 1.165) is 64.4 Å². The van der Waals surface area contributed by atoms with Gasteiger partial charge in [0.15, 0.2) is 6.29 Å². The summed E-state index contributed by atoms with van der Waals surface area (Å²) in [6, 6.07) is 20.5. The molecule has 0 bridgehead atoms. The number of allylic oxidation sites excluding steroid dienone is 4. The van der Waals surface area contributed by atoms with Gasteiger partial charge >= 0.3 is 11.9 Å². The molecule has 62 heavy (non-hydrogen) atoms. The number of aliphatic carboxylic acids is 2. The molecule has 11 heteroatoms. The van der Waals surface area contributed by atoms with Crippen molar-refractivity contribution in [1.82, 2.24) is 0 Å². The molecule has 7 N–H and O–H groups in total. The molecule has 3 aliphatic rings. The first kappa shape index (κ1) is 51.2. The van der Waals surface area contributed by atoms with Crippen LogP contribution in [0.2, 0.25) is 0 Å². The van der Waals surface area contributed by atoms with Gasteiger partial charge in [-0.15, -0.1) is 0 Å². The molecular formula is C51H76O11. The van der Waals surface area contributed by atoms with Crippen LogP contribution in [-0.2, 0) is 31.9 Å². The second kappa shape index (κ2) is 29.1. The lowest BCUT2D eigenvalue weighted by molar-refractivity contribution is -0.191. The molecule has 346 valence electrons. The molecule has 0 aromatic heterocycles. The first-order valence-corrected chi connectivity index (χ1v) is 23.5. The Morgan fingerprint density at radius 3 is 1.60 bits per heavy atom. The fourth-order valence-corrected chi connectivity index (χ4v) is 9.47. The van der Waals surface area contributed by atoms with E-state index >= 15 is 0 Å². The number of hydrogen-bond donors (Lipinski definition) is 7. The highest BCUT2D eigenvalue weighted by molar-refractivity contribution is 5.66. The van der Waals surface area contributed by atoms with Crippen LogP contribution in [0.25, 0.3) is 0 Å². The smallest absolute Gasteiger partial charge is 0.303 e. The summed E-state index contributed by atoms with van der Waals surface area (Å²) in [6.45, 7) is 0.754. The summed E-state index contributed by atoms with van der Waals surface area (Å²) in [5.74, 6) is -1.52. The molecule has 11 atom stereocenters. The molecule has 0 amide bonds. The van der Waals surface area contributed by atoms with Gasteiger partial charge in [0.25, 0.3) is 0 Å². The topological polar surface area (TPSA) is 194 Å². The molecule has 5 rings (SSSR count). The molecular weight excluding hydrogens is 789 g/mol. The Bertz CT molecular complexity index is 1560. The van der Waals surface area contributed by atoms with Crippen molar-refractivity contribution >= 4 is 11.9 Å². The summed E-state index contributed by atoms with van der Waals surface area (Å²) in [5, 5.41) is 69.5. The van der Waals surface area contributed by atoms with Crippen molar-refractivity contribution in [2.75, 3.05) is 6.61 Å². The maximum Gasteiger partial charge on any atom is 0.303 e. The Labute approximate surface area is 369 Å². The number of carboxylic acid groups (broad SMARTS) is 2. The van der Waals surface area contributed by atoms with Crippen LogP contribution in [0, 0.1) is 23.7 Å². The van der Waals surface area contributed by atoms with Crippen LogP contribution in [-0.4, -0.2) is 97.2 Å². The largest absolute Gasteiger partial charge is 0.481 e. The SMILES string of the molecule is O=C(O)CCC/C=C\C[C@@H]1[C@@H](CC[C@@H](O)CCc2ccccc2)[C@H](O)C[C@@H]1O.O=C(O)CCC/C=C\C[C@@H]1[C@@H](CC[C@H](CCc2ccccc2)OC2CCCCO2)[C@H](O)C[C@@H]1O. The zero-order valence-electron chi connectivity index (χ0n) is 36.8. The summed E-state index contributed by atoms with van der Waals surface area (Å²) >= 11 is 0. The number of aliphatic hydroxyl groups excluding tert-OH is 5. The van der Waals surface area contributed by atoms with Gasteiger partial charge in [0.1, 0.15) is 0 Å². The van der Waals surface area contributed by atoms with Crippen LogP contribution in [0.3, 0.4) is 0 Å². The average Bonchev–Trinajstić information content (AvgIpc) is 3.70. The second-order valence-electron chi connectivity index (χ2n) is 17.8. The van der Waals surface area contributed by atoms with E-state index in [2.05, 4.69) is 36.4 Å². The van der Waals surface area contributed by atoms with E-state index in [-0.39, 0.29) is 48.9 Å². The number of carbonyl (C=O) groups is 2. The summed E-state index contributed by atoms with van der Waals surface area (Å²) in [7, 11) is 0. The molecule has 2 saturated carbocycles. The summed E-state index contributed by atoms with van der Waals surface area (Å²) < 4.78 is 12.2. The third kappa shape index (κ3) is 19.5. The molecule has 1 aliphatic heterocycles. The highest BCUT2D eigenvalue weighted by Crippen LogP contribution is 2.40. The van der Waals surface area contributed by atoms with Gasteiger partial charge in [0, 0.05) is 19.4 Å². The summed E-state index contributed by atoms with van der Waals surface area (Å²) in [6.07, 6.45) is 20.1. The van der Waals surface area contributed by atoms with Gasteiger partial charge in [-0.3, -0.25) is 9.59 Å². The predicted molar refractivity (Wildman–Crippen MR) is 240 cm³/mol. The number of benzene rings is 2. The van der Waals surface area contributed by atoms with Gasteiger partial charge in [-0.25, -0.2) is 0 Å². The molecule has 1 heterocycles. The standard InChI is InChI=1S/C28H42O6.C23H34O5/c29-25-20-26(30)24(23(25)12-6-1-2-7-13-27(31)32)18-17-22(34-28-14-8-9-19-33-28)16-15-21-10-4-3-5-11-21;24-18(13-12-17-8-4-3-5-9-17)14-15-20-19(21(25)16-22(20)26)10-6-1-2-7-11-23(27)28/h1,3-6,10-11,22-26,28-30H,2,7-9,12-20H2,(H,31,32);1,3-6,8-9,18-22,24-26H,2,7,10-16H2,(H,27,28)/b2*6-1-/t22-,23+,24+,25-,26+,28?;18-,19+,20+,21-,22+/m00/s1. The lowest BCUT2D eigenvalue weighted by Gasteiger charge is -2.30. The van der Waals surface area contributed by atoms with Crippen LogP contribution in [0.15, 0.2) is 85.0 Å². The first-order chi connectivity index (χ1) is 30.0. The number of hydrogen-bond acceptors (Lipinski definition) is 9. The van der Waals surface area contributed by atoms with Crippen molar-refractivity contribution in [3.05, 3.63) is 96.1 Å². The molecule has 0 spiro atoms. The van der Waals surface area contributed by atoms with E-state index in [1.165, 1.54) is 11.1 Å². The fourth-order valence-electron chi connectivity index (χ4n) is 9.47. The van der Waals surface area contributed by atoms with Gasteiger partial charge in [0.05, 0.1) is 36.6 Å². The third-order valence-corrected chi connectivity index (χ3v) is 13.1. The second-order valence-corrected chi connectivity index (χ2v) is 17.8. The molecule has 0 radical (unpaired) electrons. The highest BCUT2D eigenvalue weighted by atomic mass is 16.7. The number of ether oxygens (including phenoxy) is 2. The Kier molecular flexibility index (Phi) is 24.0. The molecule has 2 aliphatic carbocycles. The molecule has 3 fully saturated rings. The first-order valence-electron chi connectivity index (χ1n) is 23.5. The van der Waals surface area contributed by atoms with E-state index in [0.29, 0.717) is 64.2 Å². The van der Waals surface area contributed by atoms with Crippen LogP contribution in [0.1, 0.15) is 133 Å². The molecule has 11 nitrogen and oxygen atoms in total. The Morgan fingerprint density at radius 2 is 1.11 bits per heavy atom. The minimum Gasteiger partial charge on any atom is -0.481 e. The van der Waals surface area contributed by atoms with Crippen molar-refractivity contribution in [3.63, 3.8) is 0 Å². The number of aliphatic hydroxyl groups is 5. The van der Waals surface area contributed by atoms with Gasteiger partial charge in [-0.1, -0.05) is 85.0 Å². The van der Waals surface area contributed by atoms with Crippen molar-refractivity contribution in [3.8, 4) is 0 Å². The fraction of sp³-hybridized carbons (Fsp3) is 0.647. The summed E-state index contributed by atoms with van der Waals surface area (Å²) in [5.41, 5.74) is 2.51. The van der Waals surface area contributed by atoms with Crippen molar-refractivity contribution in [2.24, 2.45) is 23.7 Å². The molecule has 2 aromatic rings. The monoisotopic (exact) mass is 865 g/mol. The molecule has 1 unspecified atom stereocenters. The Morgan fingerprint density at radius 1 is 0.629 bits per heavy atom. The van der Waals surface area contributed by atoms with E-state index in [4.69, 9.17) is 19.7 Å². The van der Waals surface area contributed by atoms with Gasteiger partial charge in [0.2, 0.25) is 0 Å². The van der Waals surface area contributed by atoms with Crippen LogP contribution in [0.5, 0.6) is 0 Å². The van der Waals surface area contributed by atoms with Crippen LogP contribution >= 0.6 is 0 Å². The zero-order chi connectivity index (χ0) is 44.5. The quantitative estimate of drug-likeness (QED) is 0.0356. The van der Waals surface area contributed by atoms with E-state index in [1.807, 2.05) is 48.6 Å². The number of carboxylic acids is 2. The number of rotatable bonds is 26. The van der Waals surface area contributed by atoms with Gasteiger partial charge < -0.3 is 45.2 Å². The van der Waals surface area contributed by atoms with E-state index < -0.39 is 42.5 Å². The van der Waals surface area contributed by atoms with E-state index in [1.54, 1.807) is 0 Å². The Balaban J connectivity index is 0.000000278. The van der Waals surface area contributed by atoms with Crippen LogP contribution in [0.4, 0.5) is 0 Å². The maximum absolute atomic E-state index is 10.7. The third-order valence-electron chi connectivity index (χ3n) is 13.1. The molecule has 1 saturated heterocycles. The van der Waals surface area contributed by atoms with E-state index in [9.17, 15) is 35.1 Å². The van der Waals surface area contributed by atoms with Crippen molar-refractivity contribution in [2.45, 2.75) is 178 Å². The predicted octanol–water partition coefficient (Wildman–Crippen LogP) is 8.19. The lowest BCUT2D eigenvalue weighted by Crippen LogP contribution is -2.30. The van der Waals surface area contributed by atoms with Gasteiger partial charge in [-0.05, 0) is 157 Å². The molecule has 2 aromatic carbocycles. The normalized spacial score (nSPS) is 27.3. The summed E-state index contributed by atoms with van der Waals surface area (Å²) in [4.78, 5) is 21.2. The zero-order valence-corrected chi connectivity index (χ0v) is 36.8. The Hall–Kier alpha value is -3.42. The minimum atomic E-state index is -0.784. The lowest BCUT2D eigenvalue weighted by atomic mass is 9.85. The number of aryl methyl sites for hydroxylation is 2.